The fraction of sp³-hybridized carbons (Fsp3) is 0.714. The summed E-state index contributed by atoms with van der Waals surface area (Å²) in [6.45, 7) is 9.08. The molecule has 0 saturated carbocycles. The highest BCUT2D eigenvalue weighted by Gasteiger charge is 2.07. The van der Waals surface area contributed by atoms with Crippen molar-refractivity contribution < 1.29 is 0 Å². The first-order valence-corrected chi connectivity index (χ1v) is 7.08. The van der Waals surface area contributed by atoms with Crippen LogP contribution in [0.25, 0.3) is 0 Å². The molecular weight excluding hydrogens is 238 g/mol. The van der Waals surface area contributed by atoms with Crippen LogP contribution in [0.1, 0.15) is 25.8 Å². The first kappa shape index (κ1) is 15.9. The van der Waals surface area contributed by atoms with Crippen LogP contribution in [0.4, 0.5) is 5.95 Å². The third-order valence-electron chi connectivity index (χ3n) is 2.97. The summed E-state index contributed by atoms with van der Waals surface area (Å²) in [6.07, 6.45) is 4.96. The van der Waals surface area contributed by atoms with Crippen molar-refractivity contribution in [1.29, 1.82) is 0 Å². The lowest BCUT2D eigenvalue weighted by Gasteiger charge is -2.21. The standard InChI is InChI=1S/C14H27N5/c1-5-15-10-13-11-16-14(17-12-13)19(6-2)9-7-8-18(3)4/h11-12,15H,5-10H2,1-4H3. The van der Waals surface area contributed by atoms with Gasteiger partial charge in [0.15, 0.2) is 0 Å². The van der Waals surface area contributed by atoms with Crippen molar-refractivity contribution in [3.05, 3.63) is 18.0 Å². The van der Waals surface area contributed by atoms with E-state index in [1.54, 1.807) is 0 Å². The Labute approximate surface area is 117 Å². The van der Waals surface area contributed by atoms with Crippen molar-refractivity contribution in [2.45, 2.75) is 26.8 Å². The molecule has 1 aromatic rings. The summed E-state index contributed by atoms with van der Waals surface area (Å²) in [5.41, 5.74) is 1.13. The molecular formula is C14H27N5. The lowest BCUT2D eigenvalue weighted by Crippen LogP contribution is -2.28. The van der Waals surface area contributed by atoms with Crippen molar-refractivity contribution in [3.8, 4) is 0 Å². The smallest absolute Gasteiger partial charge is 0.225 e. The second-order valence-corrected chi connectivity index (χ2v) is 4.91. The molecule has 1 N–H and O–H groups in total. The molecule has 0 bridgehead atoms. The molecule has 1 rings (SSSR count). The molecule has 19 heavy (non-hydrogen) atoms. The van der Waals surface area contributed by atoms with Crippen molar-refractivity contribution in [2.75, 3.05) is 45.2 Å². The Balaban J connectivity index is 2.50. The summed E-state index contributed by atoms with van der Waals surface area (Å²) in [5, 5.41) is 3.27. The highest BCUT2D eigenvalue weighted by Crippen LogP contribution is 2.07. The number of anilines is 1. The Morgan fingerprint density at radius 2 is 1.79 bits per heavy atom. The minimum atomic E-state index is 0.835. The summed E-state index contributed by atoms with van der Waals surface area (Å²) in [6, 6.07) is 0. The van der Waals surface area contributed by atoms with Crippen LogP contribution in [0.15, 0.2) is 12.4 Å². The van der Waals surface area contributed by atoms with Gasteiger partial charge in [0.1, 0.15) is 0 Å². The molecule has 0 fully saturated rings. The van der Waals surface area contributed by atoms with Gasteiger partial charge in [0.2, 0.25) is 5.95 Å². The summed E-state index contributed by atoms with van der Waals surface area (Å²) >= 11 is 0. The first-order valence-electron chi connectivity index (χ1n) is 7.08. The van der Waals surface area contributed by atoms with Crippen LogP contribution in [-0.4, -0.2) is 55.1 Å². The van der Waals surface area contributed by atoms with Crippen LogP contribution in [0.5, 0.6) is 0 Å². The predicted octanol–water partition coefficient (Wildman–Crippen LogP) is 1.36. The van der Waals surface area contributed by atoms with Gasteiger partial charge in [0.05, 0.1) is 0 Å². The number of hydrogen-bond acceptors (Lipinski definition) is 5. The summed E-state index contributed by atoms with van der Waals surface area (Å²) in [5.74, 6) is 0.835. The highest BCUT2D eigenvalue weighted by atomic mass is 15.2. The maximum absolute atomic E-state index is 4.46. The quantitative estimate of drug-likeness (QED) is 0.730. The van der Waals surface area contributed by atoms with Crippen molar-refractivity contribution >= 4 is 5.95 Å². The Hall–Kier alpha value is -1.20. The van der Waals surface area contributed by atoms with Gasteiger partial charge in [0, 0.05) is 37.6 Å². The van der Waals surface area contributed by atoms with Crippen LogP contribution < -0.4 is 10.2 Å². The fourth-order valence-corrected chi connectivity index (χ4v) is 1.85. The van der Waals surface area contributed by atoms with Gasteiger partial charge in [-0.2, -0.15) is 0 Å². The van der Waals surface area contributed by atoms with Gasteiger partial charge in [-0.25, -0.2) is 9.97 Å². The summed E-state index contributed by atoms with van der Waals surface area (Å²) in [7, 11) is 4.20. The molecule has 5 nitrogen and oxygen atoms in total. The molecule has 1 aromatic heterocycles. The normalized spacial score (nSPS) is 11.0. The van der Waals surface area contributed by atoms with E-state index >= 15 is 0 Å². The number of rotatable bonds is 9. The molecule has 0 radical (unpaired) electrons. The zero-order valence-electron chi connectivity index (χ0n) is 12.7. The molecule has 0 aromatic carbocycles. The molecule has 0 atom stereocenters. The Kier molecular flexibility index (Phi) is 7.36. The van der Waals surface area contributed by atoms with Crippen LogP contribution in [0.3, 0.4) is 0 Å². The Bertz CT molecular complexity index is 336. The van der Waals surface area contributed by atoms with E-state index in [1.165, 1.54) is 0 Å². The predicted molar refractivity (Wildman–Crippen MR) is 80.5 cm³/mol. The number of nitrogens with one attached hydrogen (secondary N) is 1. The maximum Gasteiger partial charge on any atom is 0.225 e. The summed E-state index contributed by atoms with van der Waals surface area (Å²) < 4.78 is 0. The molecule has 0 amide bonds. The van der Waals surface area contributed by atoms with E-state index in [-0.39, 0.29) is 0 Å². The van der Waals surface area contributed by atoms with E-state index in [2.05, 4.69) is 53.0 Å². The molecule has 0 saturated heterocycles. The van der Waals surface area contributed by atoms with E-state index in [9.17, 15) is 0 Å². The van der Waals surface area contributed by atoms with E-state index in [4.69, 9.17) is 0 Å². The van der Waals surface area contributed by atoms with Crippen molar-refractivity contribution in [1.82, 2.24) is 20.2 Å². The lowest BCUT2D eigenvalue weighted by atomic mass is 10.3. The average molecular weight is 265 g/mol. The van der Waals surface area contributed by atoms with E-state index < -0.39 is 0 Å². The van der Waals surface area contributed by atoms with Gasteiger partial charge in [0.25, 0.3) is 0 Å². The third-order valence-corrected chi connectivity index (χ3v) is 2.97. The van der Waals surface area contributed by atoms with Crippen LogP contribution in [0, 0.1) is 0 Å². The molecule has 0 unspecified atom stereocenters. The number of aromatic nitrogens is 2. The fourth-order valence-electron chi connectivity index (χ4n) is 1.85. The molecule has 0 spiro atoms. The van der Waals surface area contributed by atoms with E-state index in [0.29, 0.717) is 0 Å². The Morgan fingerprint density at radius 1 is 1.11 bits per heavy atom. The zero-order valence-corrected chi connectivity index (χ0v) is 12.7. The van der Waals surface area contributed by atoms with Gasteiger partial charge < -0.3 is 15.1 Å². The molecule has 1 heterocycles. The van der Waals surface area contributed by atoms with Gasteiger partial charge in [-0.3, -0.25) is 0 Å². The second kappa shape index (κ2) is 8.82. The van der Waals surface area contributed by atoms with Crippen LogP contribution >= 0.6 is 0 Å². The average Bonchev–Trinajstić information content (AvgIpc) is 2.42. The third kappa shape index (κ3) is 5.98. The van der Waals surface area contributed by atoms with E-state index in [0.717, 1.165) is 50.7 Å². The number of hydrogen-bond donors (Lipinski definition) is 1. The molecule has 0 aliphatic carbocycles. The lowest BCUT2D eigenvalue weighted by molar-refractivity contribution is 0.400. The highest BCUT2D eigenvalue weighted by molar-refractivity contribution is 5.29. The molecule has 0 aliphatic rings. The molecule has 5 heteroatoms. The minimum absolute atomic E-state index is 0.835. The zero-order chi connectivity index (χ0) is 14.1. The Morgan fingerprint density at radius 3 is 2.32 bits per heavy atom. The molecule has 108 valence electrons. The summed E-state index contributed by atoms with van der Waals surface area (Å²) in [4.78, 5) is 13.3. The van der Waals surface area contributed by atoms with Crippen LogP contribution in [-0.2, 0) is 6.54 Å². The maximum atomic E-state index is 4.46. The van der Waals surface area contributed by atoms with Gasteiger partial charge in [-0.15, -0.1) is 0 Å². The largest absolute Gasteiger partial charge is 0.341 e. The monoisotopic (exact) mass is 265 g/mol. The van der Waals surface area contributed by atoms with Gasteiger partial charge in [-0.05, 0) is 40.5 Å². The SMILES string of the molecule is CCNCc1cnc(N(CC)CCCN(C)C)nc1. The van der Waals surface area contributed by atoms with Gasteiger partial charge in [-0.1, -0.05) is 6.92 Å². The van der Waals surface area contributed by atoms with Crippen molar-refractivity contribution in [3.63, 3.8) is 0 Å². The minimum Gasteiger partial charge on any atom is -0.341 e. The second-order valence-electron chi connectivity index (χ2n) is 4.91. The first-order chi connectivity index (χ1) is 9.17. The topological polar surface area (TPSA) is 44.3 Å². The molecule has 0 aliphatic heterocycles. The van der Waals surface area contributed by atoms with Gasteiger partial charge >= 0.3 is 0 Å². The number of nitrogens with zero attached hydrogens (tertiary/aromatic N) is 4. The van der Waals surface area contributed by atoms with Crippen LogP contribution in [0.2, 0.25) is 0 Å². The van der Waals surface area contributed by atoms with E-state index in [1.807, 2.05) is 12.4 Å². The van der Waals surface area contributed by atoms with Crippen molar-refractivity contribution in [2.24, 2.45) is 0 Å².